The number of amides is 1. The fourth-order valence-corrected chi connectivity index (χ4v) is 2.18. The lowest BCUT2D eigenvalue weighted by Gasteiger charge is -2.08. The Labute approximate surface area is 106 Å². The molecule has 4 heteroatoms. The molecule has 1 heterocycles. The van der Waals surface area contributed by atoms with Gasteiger partial charge in [-0.2, -0.15) is 0 Å². The minimum Gasteiger partial charge on any atom is -0.310 e. The molecular weight excluding hydrogens is 226 g/mol. The smallest absolute Gasteiger partial charge is 0.229 e. The van der Waals surface area contributed by atoms with Gasteiger partial charge in [0.1, 0.15) is 0 Å². The lowest BCUT2D eigenvalue weighted by molar-refractivity contribution is -0.117. The highest BCUT2D eigenvalue weighted by molar-refractivity contribution is 5.94. The summed E-state index contributed by atoms with van der Waals surface area (Å²) in [4.78, 5) is 16.4. The van der Waals surface area contributed by atoms with Crippen LogP contribution in [-0.2, 0) is 11.3 Å². The summed E-state index contributed by atoms with van der Waals surface area (Å²) in [6.07, 6.45) is 3.05. The summed E-state index contributed by atoms with van der Waals surface area (Å²) in [5.41, 5.74) is 2.03. The van der Waals surface area contributed by atoms with Crippen molar-refractivity contribution in [2.75, 3.05) is 5.32 Å². The van der Waals surface area contributed by atoms with Gasteiger partial charge < -0.3 is 4.57 Å². The minimum absolute atomic E-state index is 0.114. The van der Waals surface area contributed by atoms with E-state index < -0.39 is 0 Å². The highest BCUT2D eigenvalue weighted by Crippen LogP contribution is 2.30. The second kappa shape index (κ2) is 4.44. The number of fused-ring (bicyclic) bond motifs is 1. The Morgan fingerprint density at radius 1 is 1.44 bits per heavy atom. The molecule has 94 valence electrons. The lowest BCUT2D eigenvalue weighted by Crippen LogP contribution is -2.17. The summed E-state index contributed by atoms with van der Waals surface area (Å²) in [6.45, 7) is 3.00. The fourth-order valence-electron chi connectivity index (χ4n) is 2.18. The third-order valence-corrected chi connectivity index (χ3v) is 3.28. The number of aryl methyl sites for hydroxylation is 1. The number of benzene rings is 1. The Morgan fingerprint density at radius 3 is 2.94 bits per heavy atom. The number of aromatic nitrogens is 2. The molecule has 0 unspecified atom stereocenters. The van der Waals surface area contributed by atoms with E-state index in [2.05, 4.69) is 21.8 Å². The van der Waals surface area contributed by atoms with Crippen LogP contribution in [0.1, 0.15) is 26.2 Å². The second-order valence-electron chi connectivity index (χ2n) is 4.84. The summed E-state index contributed by atoms with van der Waals surface area (Å²) in [5.74, 6) is 1.01. The molecule has 1 aliphatic carbocycles. The van der Waals surface area contributed by atoms with Crippen molar-refractivity contribution >= 4 is 22.9 Å². The number of anilines is 1. The summed E-state index contributed by atoms with van der Waals surface area (Å²) in [7, 11) is 0. The summed E-state index contributed by atoms with van der Waals surface area (Å²) < 4.78 is 2.09. The van der Waals surface area contributed by atoms with Crippen LogP contribution in [0.2, 0.25) is 0 Å². The van der Waals surface area contributed by atoms with E-state index in [-0.39, 0.29) is 11.8 Å². The van der Waals surface area contributed by atoms with Gasteiger partial charge in [0.2, 0.25) is 11.9 Å². The average molecular weight is 243 g/mol. The number of nitrogens with one attached hydrogen (secondary N) is 1. The highest BCUT2D eigenvalue weighted by atomic mass is 16.2. The van der Waals surface area contributed by atoms with Crippen molar-refractivity contribution in [2.24, 2.45) is 5.92 Å². The van der Waals surface area contributed by atoms with Gasteiger partial charge in [0.15, 0.2) is 0 Å². The van der Waals surface area contributed by atoms with Gasteiger partial charge in [-0.05, 0) is 31.4 Å². The lowest BCUT2D eigenvalue weighted by atomic mass is 10.3. The Kier molecular flexibility index (Phi) is 2.78. The van der Waals surface area contributed by atoms with Crippen molar-refractivity contribution in [2.45, 2.75) is 32.7 Å². The predicted octanol–water partition coefficient (Wildman–Crippen LogP) is 2.79. The van der Waals surface area contributed by atoms with E-state index in [1.165, 1.54) is 0 Å². The van der Waals surface area contributed by atoms with E-state index in [4.69, 9.17) is 0 Å². The largest absolute Gasteiger partial charge is 0.310 e. The molecule has 0 saturated heterocycles. The first-order valence-corrected chi connectivity index (χ1v) is 6.55. The Balaban J connectivity index is 1.97. The van der Waals surface area contributed by atoms with E-state index in [1.807, 2.05) is 24.3 Å². The number of hydrogen-bond donors (Lipinski definition) is 1. The van der Waals surface area contributed by atoms with Gasteiger partial charge >= 0.3 is 0 Å². The molecule has 1 aromatic carbocycles. The molecule has 0 aliphatic heterocycles. The number of hydrogen-bond acceptors (Lipinski definition) is 2. The van der Waals surface area contributed by atoms with E-state index in [1.54, 1.807) is 0 Å². The maximum Gasteiger partial charge on any atom is 0.229 e. The van der Waals surface area contributed by atoms with Crippen molar-refractivity contribution in [3.05, 3.63) is 24.3 Å². The van der Waals surface area contributed by atoms with Gasteiger partial charge in [0.25, 0.3) is 0 Å². The van der Waals surface area contributed by atoms with Crippen LogP contribution in [0.5, 0.6) is 0 Å². The molecule has 4 nitrogen and oxygen atoms in total. The van der Waals surface area contributed by atoms with E-state index >= 15 is 0 Å². The van der Waals surface area contributed by atoms with Crippen molar-refractivity contribution < 1.29 is 4.79 Å². The average Bonchev–Trinajstić information content (AvgIpc) is 3.16. The number of carbonyl (C=O) groups excluding carboxylic acids is 1. The van der Waals surface area contributed by atoms with Crippen LogP contribution in [0.15, 0.2) is 24.3 Å². The van der Waals surface area contributed by atoms with Crippen molar-refractivity contribution in [3.8, 4) is 0 Å². The molecule has 1 aromatic heterocycles. The van der Waals surface area contributed by atoms with Crippen LogP contribution in [0.4, 0.5) is 5.95 Å². The van der Waals surface area contributed by atoms with Crippen LogP contribution in [0.25, 0.3) is 11.0 Å². The van der Waals surface area contributed by atoms with E-state index in [0.717, 1.165) is 36.8 Å². The summed E-state index contributed by atoms with van der Waals surface area (Å²) >= 11 is 0. The predicted molar refractivity (Wildman–Crippen MR) is 71.4 cm³/mol. The maximum atomic E-state index is 11.8. The molecular formula is C14H17N3O. The summed E-state index contributed by atoms with van der Waals surface area (Å²) in [5, 5.41) is 2.96. The minimum atomic E-state index is 0.114. The quantitative estimate of drug-likeness (QED) is 0.897. The van der Waals surface area contributed by atoms with Crippen LogP contribution in [-0.4, -0.2) is 15.5 Å². The SMILES string of the molecule is CCCn1c(NC(=O)C2CC2)nc2ccccc21. The van der Waals surface area contributed by atoms with Gasteiger partial charge in [-0.25, -0.2) is 4.98 Å². The van der Waals surface area contributed by atoms with Gasteiger partial charge in [-0.3, -0.25) is 10.1 Å². The van der Waals surface area contributed by atoms with Crippen LogP contribution >= 0.6 is 0 Å². The molecule has 1 aliphatic rings. The monoisotopic (exact) mass is 243 g/mol. The van der Waals surface area contributed by atoms with Gasteiger partial charge in [0, 0.05) is 12.5 Å². The van der Waals surface area contributed by atoms with Crippen LogP contribution in [0.3, 0.4) is 0 Å². The molecule has 0 radical (unpaired) electrons. The normalized spacial score (nSPS) is 14.9. The zero-order valence-corrected chi connectivity index (χ0v) is 10.5. The van der Waals surface area contributed by atoms with Gasteiger partial charge in [-0.15, -0.1) is 0 Å². The number of rotatable bonds is 4. The first-order chi connectivity index (χ1) is 8.79. The highest BCUT2D eigenvalue weighted by Gasteiger charge is 2.30. The van der Waals surface area contributed by atoms with Crippen molar-refractivity contribution in [1.29, 1.82) is 0 Å². The molecule has 0 spiro atoms. The Hall–Kier alpha value is -1.84. The van der Waals surface area contributed by atoms with E-state index in [0.29, 0.717) is 5.95 Å². The molecule has 18 heavy (non-hydrogen) atoms. The second-order valence-corrected chi connectivity index (χ2v) is 4.84. The molecule has 1 fully saturated rings. The first kappa shape index (κ1) is 11.3. The molecule has 3 rings (SSSR count). The zero-order valence-electron chi connectivity index (χ0n) is 10.5. The molecule has 1 saturated carbocycles. The van der Waals surface area contributed by atoms with Crippen LogP contribution in [0, 0.1) is 5.92 Å². The van der Waals surface area contributed by atoms with Gasteiger partial charge in [0.05, 0.1) is 11.0 Å². The number of nitrogens with zero attached hydrogens (tertiary/aromatic N) is 2. The maximum absolute atomic E-state index is 11.8. The Bertz CT molecular complexity index is 584. The number of imidazole rings is 1. The molecule has 0 bridgehead atoms. The standard InChI is InChI=1S/C14H17N3O/c1-2-9-17-12-6-4-3-5-11(12)15-14(17)16-13(18)10-7-8-10/h3-6,10H,2,7-9H2,1H3,(H,15,16,18). The number of carbonyl (C=O) groups is 1. The van der Waals surface area contributed by atoms with Crippen molar-refractivity contribution in [3.63, 3.8) is 0 Å². The molecule has 2 aromatic rings. The number of para-hydroxylation sites is 2. The molecule has 1 amide bonds. The van der Waals surface area contributed by atoms with Crippen LogP contribution < -0.4 is 5.32 Å². The molecule has 0 atom stereocenters. The third-order valence-electron chi connectivity index (χ3n) is 3.28. The van der Waals surface area contributed by atoms with Crippen molar-refractivity contribution in [1.82, 2.24) is 9.55 Å². The topological polar surface area (TPSA) is 46.9 Å². The Morgan fingerprint density at radius 2 is 2.22 bits per heavy atom. The third kappa shape index (κ3) is 1.98. The fraction of sp³-hybridized carbons (Fsp3) is 0.429. The first-order valence-electron chi connectivity index (χ1n) is 6.55. The molecule has 1 N–H and O–H groups in total. The van der Waals surface area contributed by atoms with Gasteiger partial charge in [-0.1, -0.05) is 19.1 Å². The van der Waals surface area contributed by atoms with E-state index in [9.17, 15) is 4.79 Å². The zero-order chi connectivity index (χ0) is 12.5. The summed E-state index contributed by atoms with van der Waals surface area (Å²) in [6, 6.07) is 8.00.